The quantitative estimate of drug-likeness (QED) is 0.736. The fourth-order valence-corrected chi connectivity index (χ4v) is 2.56. The standard InChI is InChI=1S/C20H16N2O2/c1-2-24-19-11-7-6-10-18(19)22-14-17(12-16(13-21)20(22)23)15-8-4-3-5-9-15/h3-12,14H,2H2,1H3. The number of aromatic nitrogens is 1. The van der Waals surface area contributed by atoms with Crippen LogP contribution in [0.15, 0.2) is 71.7 Å². The molecule has 0 amide bonds. The van der Waals surface area contributed by atoms with E-state index in [0.29, 0.717) is 18.0 Å². The molecule has 0 radical (unpaired) electrons. The van der Waals surface area contributed by atoms with Gasteiger partial charge in [-0.25, -0.2) is 0 Å². The maximum Gasteiger partial charge on any atom is 0.273 e. The van der Waals surface area contributed by atoms with Crippen molar-refractivity contribution in [1.82, 2.24) is 4.57 Å². The average Bonchev–Trinajstić information content (AvgIpc) is 2.63. The van der Waals surface area contributed by atoms with E-state index >= 15 is 0 Å². The summed E-state index contributed by atoms with van der Waals surface area (Å²) in [5.41, 5.74) is 2.11. The van der Waals surface area contributed by atoms with Crippen molar-refractivity contribution < 1.29 is 4.74 Å². The van der Waals surface area contributed by atoms with Crippen molar-refractivity contribution in [1.29, 1.82) is 5.26 Å². The number of nitriles is 1. The first-order valence-corrected chi connectivity index (χ1v) is 7.69. The predicted molar refractivity (Wildman–Crippen MR) is 93.4 cm³/mol. The lowest BCUT2D eigenvalue weighted by molar-refractivity contribution is 0.339. The fourth-order valence-electron chi connectivity index (χ4n) is 2.56. The van der Waals surface area contributed by atoms with E-state index in [9.17, 15) is 10.1 Å². The number of hydrogen-bond donors (Lipinski definition) is 0. The van der Waals surface area contributed by atoms with Gasteiger partial charge in [0.15, 0.2) is 0 Å². The Hall–Kier alpha value is -3.32. The molecule has 0 fully saturated rings. The van der Waals surface area contributed by atoms with Gasteiger partial charge in [-0.15, -0.1) is 0 Å². The van der Waals surface area contributed by atoms with Crippen LogP contribution in [0.2, 0.25) is 0 Å². The molecule has 0 saturated heterocycles. The highest BCUT2D eigenvalue weighted by atomic mass is 16.5. The van der Waals surface area contributed by atoms with Gasteiger partial charge in [0.05, 0.1) is 12.3 Å². The van der Waals surface area contributed by atoms with Gasteiger partial charge in [-0.1, -0.05) is 42.5 Å². The molecule has 1 heterocycles. The maximum absolute atomic E-state index is 12.6. The third-order valence-electron chi connectivity index (χ3n) is 3.67. The summed E-state index contributed by atoms with van der Waals surface area (Å²) >= 11 is 0. The minimum Gasteiger partial charge on any atom is -0.492 e. The monoisotopic (exact) mass is 316 g/mol. The smallest absolute Gasteiger partial charge is 0.273 e. The Morgan fingerprint density at radius 1 is 1.04 bits per heavy atom. The van der Waals surface area contributed by atoms with E-state index in [2.05, 4.69) is 0 Å². The summed E-state index contributed by atoms with van der Waals surface area (Å²) in [5, 5.41) is 9.34. The van der Waals surface area contributed by atoms with E-state index in [4.69, 9.17) is 4.74 Å². The summed E-state index contributed by atoms with van der Waals surface area (Å²) in [6, 6.07) is 20.6. The minimum atomic E-state index is -0.357. The first-order chi connectivity index (χ1) is 11.7. The largest absolute Gasteiger partial charge is 0.492 e. The van der Waals surface area contributed by atoms with E-state index in [-0.39, 0.29) is 11.1 Å². The molecule has 4 nitrogen and oxygen atoms in total. The molecule has 0 aliphatic carbocycles. The first-order valence-electron chi connectivity index (χ1n) is 7.69. The minimum absolute atomic E-state index is 0.0997. The van der Waals surface area contributed by atoms with Crippen molar-refractivity contribution in [2.24, 2.45) is 0 Å². The van der Waals surface area contributed by atoms with Crippen molar-refractivity contribution in [3.8, 4) is 28.6 Å². The fraction of sp³-hybridized carbons (Fsp3) is 0.100. The van der Waals surface area contributed by atoms with Gasteiger partial charge in [0.1, 0.15) is 17.4 Å². The molecular formula is C20H16N2O2. The van der Waals surface area contributed by atoms with Crippen molar-refractivity contribution in [3.05, 3.63) is 82.8 Å². The number of rotatable bonds is 4. The summed E-state index contributed by atoms with van der Waals surface area (Å²) in [7, 11) is 0. The molecule has 3 aromatic rings. The van der Waals surface area contributed by atoms with Gasteiger partial charge in [0, 0.05) is 6.20 Å². The van der Waals surface area contributed by atoms with E-state index in [1.807, 2.05) is 67.6 Å². The average molecular weight is 316 g/mol. The van der Waals surface area contributed by atoms with Crippen LogP contribution in [0.3, 0.4) is 0 Å². The highest BCUT2D eigenvalue weighted by Gasteiger charge is 2.12. The van der Waals surface area contributed by atoms with Crippen molar-refractivity contribution in [3.63, 3.8) is 0 Å². The van der Waals surface area contributed by atoms with Crippen LogP contribution < -0.4 is 10.3 Å². The summed E-state index contributed by atoms with van der Waals surface area (Å²) in [5.74, 6) is 0.608. The lowest BCUT2D eigenvalue weighted by Gasteiger charge is -2.14. The molecule has 118 valence electrons. The van der Waals surface area contributed by atoms with Crippen LogP contribution in [0, 0.1) is 11.3 Å². The highest BCUT2D eigenvalue weighted by molar-refractivity contribution is 5.65. The van der Waals surface area contributed by atoms with Crippen LogP contribution in [-0.4, -0.2) is 11.2 Å². The summed E-state index contributed by atoms with van der Waals surface area (Å²) in [4.78, 5) is 12.6. The number of hydrogen-bond acceptors (Lipinski definition) is 3. The lowest BCUT2D eigenvalue weighted by atomic mass is 10.1. The van der Waals surface area contributed by atoms with E-state index in [1.165, 1.54) is 4.57 Å². The SMILES string of the molecule is CCOc1ccccc1-n1cc(-c2ccccc2)cc(C#N)c1=O. The van der Waals surface area contributed by atoms with E-state index < -0.39 is 0 Å². The molecule has 0 unspecified atom stereocenters. The Morgan fingerprint density at radius 3 is 2.46 bits per heavy atom. The number of pyridine rings is 1. The predicted octanol–water partition coefficient (Wildman–Crippen LogP) is 3.77. The second-order valence-electron chi connectivity index (χ2n) is 5.20. The van der Waals surface area contributed by atoms with Crippen molar-refractivity contribution in [2.75, 3.05) is 6.61 Å². The summed E-state index contributed by atoms with van der Waals surface area (Å²) < 4.78 is 7.10. The molecule has 4 heteroatoms. The molecule has 0 aliphatic heterocycles. The van der Waals surface area contributed by atoms with Gasteiger partial charge in [0.2, 0.25) is 0 Å². The molecule has 0 aliphatic rings. The van der Waals surface area contributed by atoms with Gasteiger partial charge in [0.25, 0.3) is 5.56 Å². The summed E-state index contributed by atoms with van der Waals surface area (Å²) in [6.45, 7) is 2.38. The Balaban J connectivity index is 2.26. The van der Waals surface area contributed by atoms with Crippen LogP contribution in [0.5, 0.6) is 5.75 Å². The molecular weight excluding hydrogens is 300 g/mol. The molecule has 0 N–H and O–H groups in total. The maximum atomic E-state index is 12.6. The Labute approximate surface area is 140 Å². The second kappa shape index (κ2) is 6.84. The number of ether oxygens (including phenoxy) is 1. The van der Waals surface area contributed by atoms with E-state index in [1.54, 1.807) is 12.3 Å². The Bertz CT molecular complexity index is 953. The zero-order valence-corrected chi connectivity index (χ0v) is 13.3. The van der Waals surface area contributed by atoms with Crippen LogP contribution in [0.4, 0.5) is 0 Å². The molecule has 0 spiro atoms. The Morgan fingerprint density at radius 2 is 1.75 bits per heavy atom. The van der Waals surface area contributed by atoms with Crippen LogP contribution >= 0.6 is 0 Å². The zero-order valence-electron chi connectivity index (χ0n) is 13.3. The second-order valence-corrected chi connectivity index (χ2v) is 5.20. The normalized spacial score (nSPS) is 10.2. The first kappa shape index (κ1) is 15.6. The van der Waals surface area contributed by atoms with Crippen molar-refractivity contribution >= 4 is 0 Å². The topological polar surface area (TPSA) is 55.0 Å². The molecule has 0 bridgehead atoms. The summed E-state index contributed by atoms with van der Waals surface area (Å²) in [6.07, 6.45) is 1.75. The van der Waals surface area contributed by atoms with Crippen molar-refractivity contribution in [2.45, 2.75) is 6.92 Å². The third kappa shape index (κ3) is 2.92. The molecule has 0 atom stereocenters. The zero-order chi connectivity index (χ0) is 16.9. The van der Waals surface area contributed by atoms with Gasteiger partial charge in [-0.3, -0.25) is 9.36 Å². The van der Waals surface area contributed by atoms with Gasteiger partial charge in [-0.05, 0) is 36.2 Å². The third-order valence-corrected chi connectivity index (χ3v) is 3.67. The van der Waals surface area contributed by atoms with Crippen LogP contribution in [0.1, 0.15) is 12.5 Å². The molecule has 1 aromatic heterocycles. The lowest BCUT2D eigenvalue weighted by Crippen LogP contribution is -2.21. The Kier molecular flexibility index (Phi) is 4.44. The molecule has 2 aromatic carbocycles. The van der Waals surface area contributed by atoms with Gasteiger partial charge in [-0.2, -0.15) is 5.26 Å². The number of para-hydroxylation sites is 2. The highest BCUT2D eigenvalue weighted by Crippen LogP contribution is 2.24. The van der Waals surface area contributed by atoms with Crippen LogP contribution in [0.25, 0.3) is 16.8 Å². The van der Waals surface area contributed by atoms with Crippen LogP contribution in [-0.2, 0) is 0 Å². The van der Waals surface area contributed by atoms with E-state index in [0.717, 1.165) is 11.1 Å². The molecule has 24 heavy (non-hydrogen) atoms. The number of benzene rings is 2. The van der Waals surface area contributed by atoms with Gasteiger partial charge < -0.3 is 4.74 Å². The molecule has 0 saturated carbocycles. The molecule has 3 rings (SSSR count). The van der Waals surface area contributed by atoms with Gasteiger partial charge >= 0.3 is 0 Å². The number of nitrogens with zero attached hydrogens (tertiary/aromatic N) is 2.